The molecule has 25 heavy (non-hydrogen) atoms. The van der Waals surface area contributed by atoms with Gasteiger partial charge in [-0.05, 0) is 12.1 Å². The first-order valence-corrected chi connectivity index (χ1v) is 6.93. The maximum atomic E-state index is 14.0. The Morgan fingerprint density at radius 3 is 2.36 bits per heavy atom. The topological polar surface area (TPSA) is 118 Å². The zero-order chi connectivity index (χ0) is 19.0. The standard InChI is InChI=1S/C13H10ClF2N3O6/c1-17(6-3-2-5(15)8(14)9(6)16)10(20)7-4-18(12(22)23)11(21)19(7)13(24)25/h2-3,7H,4H2,1H3,(H,22,23)(H,24,25). The van der Waals surface area contributed by atoms with Crippen LogP contribution in [0.2, 0.25) is 5.02 Å². The first-order valence-electron chi connectivity index (χ1n) is 6.55. The molecular formula is C13H10ClF2N3O6. The molecule has 12 heteroatoms. The molecule has 0 aromatic heterocycles. The monoisotopic (exact) mass is 377 g/mol. The van der Waals surface area contributed by atoms with E-state index in [1.165, 1.54) is 0 Å². The average molecular weight is 378 g/mol. The highest BCUT2D eigenvalue weighted by Gasteiger charge is 2.49. The fourth-order valence-electron chi connectivity index (χ4n) is 2.28. The van der Waals surface area contributed by atoms with Gasteiger partial charge >= 0.3 is 18.2 Å². The van der Waals surface area contributed by atoms with Crippen molar-refractivity contribution in [2.24, 2.45) is 0 Å². The molecule has 1 unspecified atom stereocenters. The maximum Gasteiger partial charge on any atom is 0.416 e. The summed E-state index contributed by atoms with van der Waals surface area (Å²) in [6, 6.07) is -1.47. The number of urea groups is 1. The molecule has 0 radical (unpaired) electrons. The SMILES string of the molecule is CN(C(=O)C1CN(C(=O)O)C(=O)N1C(=O)O)c1ccc(F)c(Cl)c1F. The lowest BCUT2D eigenvalue weighted by Crippen LogP contribution is -2.48. The summed E-state index contributed by atoms with van der Waals surface area (Å²) in [4.78, 5) is 47.2. The molecule has 0 spiro atoms. The molecule has 1 heterocycles. The minimum atomic E-state index is -1.85. The van der Waals surface area contributed by atoms with Gasteiger partial charge in [0.2, 0.25) is 0 Å². The van der Waals surface area contributed by atoms with E-state index in [0.29, 0.717) is 4.90 Å². The molecule has 9 nitrogen and oxygen atoms in total. The zero-order valence-corrected chi connectivity index (χ0v) is 13.2. The largest absolute Gasteiger partial charge is 0.465 e. The van der Waals surface area contributed by atoms with Crippen molar-refractivity contribution in [1.29, 1.82) is 0 Å². The quantitative estimate of drug-likeness (QED) is 0.761. The molecule has 2 N–H and O–H groups in total. The molecule has 0 bridgehead atoms. The average Bonchev–Trinajstić information content (AvgIpc) is 2.89. The van der Waals surface area contributed by atoms with Gasteiger partial charge in [0, 0.05) is 7.05 Å². The van der Waals surface area contributed by atoms with Crippen LogP contribution >= 0.6 is 11.6 Å². The Labute approximate surface area is 143 Å². The zero-order valence-electron chi connectivity index (χ0n) is 12.4. The number of benzene rings is 1. The van der Waals surface area contributed by atoms with Crippen LogP contribution in [0.4, 0.5) is 28.9 Å². The van der Waals surface area contributed by atoms with Crippen molar-refractivity contribution < 1.29 is 38.2 Å². The number of rotatable bonds is 2. The van der Waals surface area contributed by atoms with Gasteiger partial charge in [0.05, 0.1) is 12.2 Å². The van der Waals surface area contributed by atoms with Crippen LogP contribution in [0.1, 0.15) is 0 Å². The minimum absolute atomic E-state index is 0.0238. The van der Waals surface area contributed by atoms with Crippen LogP contribution in [0.3, 0.4) is 0 Å². The highest BCUT2D eigenvalue weighted by Crippen LogP contribution is 2.29. The number of carbonyl (C=O) groups is 4. The third-order valence-corrected chi connectivity index (χ3v) is 3.88. The molecule has 1 aromatic carbocycles. The van der Waals surface area contributed by atoms with Crippen LogP contribution < -0.4 is 4.90 Å². The van der Waals surface area contributed by atoms with Crippen molar-refractivity contribution in [1.82, 2.24) is 9.80 Å². The van der Waals surface area contributed by atoms with E-state index < -0.39 is 59.1 Å². The van der Waals surface area contributed by atoms with Crippen molar-refractivity contribution >= 4 is 41.4 Å². The van der Waals surface area contributed by atoms with E-state index >= 15 is 0 Å². The van der Waals surface area contributed by atoms with Crippen LogP contribution in [-0.4, -0.2) is 63.8 Å². The molecule has 2 rings (SSSR count). The number of likely N-dealkylation sites (N-methyl/N-ethyl adjacent to an activating group) is 1. The molecule has 1 aliphatic heterocycles. The predicted octanol–water partition coefficient (Wildman–Crippen LogP) is 2.04. The van der Waals surface area contributed by atoms with E-state index in [4.69, 9.17) is 21.8 Å². The molecule has 5 amide bonds. The number of carboxylic acid groups (broad SMARTS) is 2. The highest BCUT2D eigenvalue weighted by atomic mass is 35.5. The Hall–Kier alpha value is -2.95. The number of hydrogen-bond donors (Lipinski definition) is 2. The molecule has 1 fully saturated rings. The first kappa shape index (κ1) is 18.4. The van der Waals surface area contributed by atoms with Crippen LogP contribution in [0, 0.1) is 11.6 Å². The van der Waals surface area contributed by atoms with Gasteiger partial charge in [0.15, 0.2) is 5.82 Å². The fraction of sp³-hybridized carbons (Fsp3) is 0.231. The smallest absolute Gasteiger partial charge is 0.416 e. The van der Waals surface area contributed by atoms with Gasteiger partial charge in [-0.1, -0.05) is 11.6 Å². The summed E-state index contributed by atoms with van der Waals surface area (Å²) >= 11 is 5.43. The second-order valence-electron chi connectivity index (χ2n) is 4.94. The molecule has 1 saturated heterocycles. The van der Waals surface area contributed by atoms with Gasteiger partial charge in [-0.25, -0.2) is 33.0 Å². The Morgan fingerprint density at radius 1 is 1.24 bits per heavy atom. The Balaban J connectivity index is 2.38. The van der Waals surface area contributed by atoms with Crippen LogP contribution in [-0.2, 0) is 4.79 Å². The lowest BCUT2D eigenvalue weighted by Gasteiger charge is -2.24. The second kappa shape index (κ2) is 6.51. The summed E-state index contributed by atoms with van der Waals surface area (Å²) in [5, 5.41) is 17.1. The predicted molar refractivity (Wildman–Crippen MR) is 78.6 cm³/mol. The molecule has 0 saturated carbocycles. The van der Waals surface area contributed by atoms with E-state index in [0.717, 1.165) is 19.2 Å². The summed E-state index contributed by atoms with van der Waals surface area (Å²) in [7, 11) is 1.04. The lowest BCUT2D eigenvalue weighted by molar-refractivity contribution is -0.121. The summed E-state index contributed by atoms with van der Waals surface area (Å²) in [6.07, 6.45) is -3.59. The van der Waals surface area contributed by atoms with Crippen molar-refractivity contribution in [3.8, 4) is 0 Å². The number of carbonyl (C=O) groups excluding carboxylic acids is 2. The normalized spacial score (nSPS) is 17.0. The van der Waals surface area contributed by atoms with Gasteiger partial charge in [0.25, 0.3) is 5.91 Å². The van der Waals surface area contributed by atoms with E-state index in [2.05, 4.69) is 0 Å². The summed E-state index contributed by atoms with van der Waals surface area (Å²) in [6.45, 7) is -0.764. The molecule has 1 aromatic rings. The van der Waals surface area contributed by atoms with E-state index in [-0.39, 0.29) is 9.80 Å². The summed E-state index contributed by atoms with van der Waals surface area (Å²) in [5.41, 5.74) is -0.469. The third kappa shape index (κ3) is 3.05. The Kier molecular flexibility index (Phi) is 4.79. The fourth-order valence-corrected chi connectivity index (χ4v) is 2.44. The van der Waals surface area contributed by atoms with Gasteiger partial charge in [-0.15, -0.1) is 0 Å². The van der Waals surface area contributed by atoms with Crippen molar-refractivity contribution in [3.63, 3.8) is 0 Å². The third-order valence-electron chi connectivity index (χ3n) is 3.53. The number of anilines is 1. The van der Waals surface area contributed by atoms with Crippen LogP contribution in [0.25, 0.3) is 0 Å². The lowest BCUT2D eigenvalue weighted by atomic mass is 10.2. The van der Waals surface area contributed by atoms with E-state index in [1.54, 1.807) is 0 Å². The number of nitrogens with zero attached hydrogens (tertiary/aromatic N) is 3. The molecule has 1 aliphatic rings. The van der Waals surface area contributed by atoms with Crippen molar-refractivity contribution in [3.05, 3.63) is 28.8 Å². The molecule has 134 valence electrons. The van der Waals surface area contributed by atoms with Crippen LogP contribution in [0.15, 0.2) is 12.1 Å². The van der Waals surface area contributed by atoms with Crippen LogP contribution in [0.5, 0.6) is 0 Å². The van der Waals surface area contributed by atoms with Gasteiger partial charge in [0.1, 0.15) is 16.9 Å². The van der Waals surface area contributed by atoms with E-state index in [9.17, 15) is 28.0 Å². The second-order valence-corrected chi connectivity index (χ2v) is 5.31. The summed E-state index contributed by atoms with van der Waals surface area (Å²) in [5.74, 6) is -3.43. The summed E-state index contributed by atoms with van der Waals surface area (Å²) < 4.78 is 27.2. The maximum absolute atomic E-state index is 14.0. The van der Waals surface area contributed by atoms with Gasteiger partial charge in [-0.3, -0.25) is 4.79 Å². The Bertz CT molecular complexity index is 789. The molecule has 1 atom stereocenters. The highest BCUT2D eigenvalue weighted by molar-refractivity contribution is 6.31. The molecular weight excluding hydrogens is 368 g/mol. The molecule has 0 aliphatic carbocycles. The van der Waals surface area contributed by atoms with Gasteiger partial charge < -0.3 is 15.1 Å². The van der Waals surface area contributed by atoms with Crippen molar-refractivity contribution in [2.45, 2.75) is 6.04 Å². The Morgan fingerprint density at radius 2 is 1.84 bits per heavy atom. The number of hydrogen-bond acceptors (Lipinski definition) is 4. The number of imide groups is 2. The van der Waals surface area contributed by atoms with E-state index in [1.807, 2.05) is 0 Å². The number of halogens is 3. The van der Waals surface area contributed by atoms with Gasteiger partial charge in [-0.2, -0.15) is 0 Å². The minimum Gasteiger partial charge on any atom is -0.465 e. The van der Waals surface area contributed by atoms with Crippen molar-refractivity contribution in [2.75, 3.05) is 18.5 Å². The first-order chi connectivity index (χ1) is 11.6. The number of amides is 5.